The summed E-state index contributed by atoms with van der Waals surface area (Å²) in [7, 11) is 1.79. The maximum absolute atomic E-state index is 4.23. The summed E-state index contributed by atoms with van der Waals surface area (Å²) in [6, 6.07) is 10.8. The van der Waals surface area contributed by atoms with Crippen LogP contribution >= 0.6 is 11.8 Å². The van der Waals surface area contributed by atoms with Crippen LogP contribution in [-0.2, 0) is 13.5 Å². The number of thioether (sulfide) groups is 1. The third kappa shape index (κ3) is 4.65. The molecule has 2 rings (SSSR count). The van der Waals surface area contributed by atoms with Gasteiger partial charge in [0.2, 0.25) is 0 Å². The van der Waals surface area contributed by atoms with E-state index in [1.165, 1.54) is 9.69 Å². The molecule has 0 aliphatic carbocycles. The summed E-state index contributed by atoms with van der Waals surface area (Å²) in [6.07, 6.45) is 0.807. The smallest absolute Gasteiger partial charge is 0.176 e. The molecule has 1 aromatic carbocycles. The molecule has 0 amide bonds. The monoisotopic (exact) mass is 277 g/mol. The van der Waals surface area contributed by atoms with Gasteiger partial charge < -0.3 is 5.32 Å². The van der Waals surface area contributed by atoms with Crippen LogP contribution in [0.2, 0.25) is 0 Å². The number of nitrogens with zero attached hydrogens (tertiary/aromatic N) is 4. The van der Waals surface area contributed by atoms with Gasteiger partial charge in [-0.1, -0.05) is 25.1 Å². The minimum atomic E-state index is 0.361. The normalized spacial score (nSPS) is 12.5. The van der Waals surface area contributed by atoms with Crippen molar-refractivity contribution in [3.63, 3.8) is 0 Å². The van der Waals surface area contributed by atoms with Crippen LogP contribution in [0.5, 0.6) is 0 Å². The van der Waals surface area contributed by atoms with E-state index >= 15 is 0 Å². The van der Waals surface area contributed by atoms with Gasteiger partial charge in [-0.3, -0.25) is 0 Å². The minimum Gasteiger partial charge on any atom is -0.313 e. The van der Waals surface area contributed by atoms with E-state index in [0.717, 1.165) is 24.5 Å². The van der Waals surface area contributed by atoms with Crippen molar-refractivity contribution in [2.45, 2.75) is 24.3 Å². The summed E-state index contributed by atoms with van der Waals surface area (Å²) >= 11 is 1.85. The second-order valence-corrected chi connectivity index (χ2v) is 5.37. The summed E-state index contributed by atoms with van der Waals surface area (Å²) in [5.74, 6) is 1.79. The first-order valence-electron chi connectivity index (χ1n) is 6.42. The largest absolute Gasteiger partial charge is 0.313 e. The van der Waals surface area contributed by atoms with Gasteiger partial charge in [-0.25, -0.2) is 0 Å². The van der Waals surface area contributed by atoms with E-state index in [0.29, 0.717) is 6.04 Å². The molecular weight excluding hydrogens is 258 g/mol. The van der Waals surface area contributed by atoms with E-state index in [9.17, 15) is 0 Å². The van der Waals surface area contributed by atoms with Crippen molar-refractivity contribution in [1.29, 1.82) is 0 Å². The molecule has 19 heavy (non-hydrogen) atoms. The number of nitrogens with one attached hydrogen (secondary N) is 1. The fraction of sp³-hybridized carbons (Fsp3) is 0.462. The molecule has 6 heteroatoms. The van der Waals surface area contributed by atoms with Gasteiger partial charge in [0.15, 0.2) is 5.82 Å². The van der Waals surface area contributed by atoms with E-state index in [2.05, 4.69) is 51.9 Å². The number of aromatic nitrogens is 4. The third-order valence-corrected chi connectivity index (χ3v) is 3.84. The number of benzene rings is 1. The molecule has 5 nitrogen and oxygen atoms in total. The second-order valence-electron chi connectivity index (χ2n) is 4.28. The van der Waals surface area contributed by atoms with Crippen LogP contribution in [0.15, 0.2) is 35.2 Å². The first kappa shape index (κ1) is 14.0. The van der Waals surface area contributed by atoms with Crippen molar-refractivity contribution in [2.24, 2.45) is 7.05 Å². The lowest BCUT2D eigenvalue weighted by molar-refractivity contribution is 0.556. The van der Waals surface area contributed by atoms with Gasteiger partial charge in [0.1, 0.15) is 0 Å². The molecule has 0 saturated heterocycles. The lowest BCUT2D eigenvalue weighted by Gasteiger charge is -2.15. The minimum absolute atomic E-state index is 0.361. The number of likely N-dealkylation sites (N-methyl/N-ethyl adjacent to an activating group) is 1. The summed E-state index contributed by atoms with van der Waals surface area (Å²) in [4.78, 5) is 2.79. The predicted molar refractivity (Wildman–Crippen MR) is 77.1 cm³/mol. The van der Waals surface area contributed by atoms with E-state index in [1.807, 2.05) is 17.8 Å². The molecule has 2 aromatic rings. The molecule has 0 aliphatic rings. The standard InChI is InChI=1S/C13H19N5S/c1-3-14-11(9-13-15-17-18(2)16-13)10-19-12-7-5-4-6-8-12/h4-8,11,14H,3,9-10H2,1-2H3. The van der Waals surface area contributed by atoms with Crippen LogP contribution in [0.4, 0.5) is 0 Å². The fourth-order valence-electron chi connectivity index (χ4n) is 1.82. The average Bonchev–Trinajstić information content (AvgIpc) is 2.83. The first-order chi connectivity index (χ1) is 9.28. The van der Waals surface area contributed by atoms with E-state index in [4.69, 9.17) is 0 Å². The molecule has 0 spiro atoms. The van der Waals surface area contributed by atoms with E-state index in [-0.39, 0.29) is 0 Å². The number of rotatable bonds is 7. The zero-order valence-corrected chi connectivity index (χ0v) is 12.1. The van der Waals surface area contributed by atoms with Gasteiger partial charge in [-0.2, -0.15) is 4.80 Å². The molecule has 0 saturated carbocycles. The van der Waals surface area contributed by atoms with Crippen molar-refractivity contribution in [2.75, 3.05) is 12.3 Å². The van der Waals surface area contributed by atoms with Gasteiger partial charge >= 0.3 is 0 Å². The lowest BCUT2D eigenvalue weighted by atomic mass is 10.2. The van der Waals surface area contributed by atoms with Gasteiger partial charge in [-0.05, 0) is 23.9 Å². The number of aryl methyl sites for hydroxylation is 1. The van der Waals surface area contributed by atoms with Crippen LogP contribution < -0.4 is 5.32 Å². The van der Waals surface area contributed by atoms with Crippen LogP contribution in [0, 0.1) is 0 Å². The van der Waals surface area contributed by atoms with Crippen molar-refractivity contribution < 1.29 is 0 Å². The molecule has 0 bridgehead atoms. The Morgan fingerprint density at radius 3 is 2.74 bits per heavy atom. The van der Waals surface area contributed by atoms with Gasteiger partial charge in [0.25, 0.3) is 0 Å². The zero-order chi connectivity index (χ0) is 13.5. The SMILES string of the molecule is CCNC(CSc1ccccc1)Cc1nnn(C)n1. The maximum atomic E-state index is 4.23. The highest BCUT2D eigenvalue weighted by atomic mass is 32.2. The van der Waals surface area contributed by atoms with Crippen LogP contribution in [0.3, 0.4) is 0 Å². The summed E-state index contributed by atoms with van der Waals surface area (Å²) < 4.78 is 0. The highest BCUT2D eigenvalue weighted by molar-refractivity contribution is 7.99. The second kappa shape index (κ2) is 7.25. The molecule has 0 radical (unpaired) electrons. The maximum Gasteiger partial charge on any atom is 0.176 e. The molecule has 1 unspecified atom stereocenters. The Morgan fingerprint density at radius 2 is 2.11 bits per heavy atom. The number of hydrogen-bond donors (Lipinski definition) is 1. The average molecular weight is 277 g/mol. The molecule has 102 valence electrons. The summed E-state index contributed by atoms with van der Waals surface area (Å²) in [5.41, 5.74) is 0. The Kier molecular flexibility index (Phi) is 5.35. The molecule has 1 heterocycles. The molecule has 0 aliphatic heterocycles. The van der Waals surface area contributed by atoms with Crippen molar-refractivity contribution in [3.8, 4) is 0 Å². The summed E-state index contributed by atoms with van der Waals surface area (Å²) in [6.45, 7) is 3.06. The Hall–Kier alpha value is -1.40. The van der Waals surface area contributed by atoms with Gasteiger partial charge in [0, 0.05) is 23.1 Å². The van der Waals surface area contributed by atoms with Crippen LogP contribution in [-0.4, -0.2) is 38.5 Å². The topological polar surface area (TPSA) is 55.6 Å². The van der Waals surface area contributed by atoms with Crippen molar-refractivity contribution >= 4 is 11.8 Å². The van der Waals surface area contributed by atoms with Gasteiger partial charge in [0.05, 0.1) is 7.05 Å². The zero-order valence-electron chi connectivity index (χ0n) is 11.3. The van der Waals surface area contributed by atoms with Crippen LogP contribution in [0.1, 0.15) is 12.7 Å². The Balaban J connectivity index is 1.89. The van der Waals surface area contributed by atoms with Gasteiger partial charge in [-0.15, -0.1) is 22.0 Å². The summed E-state index contributed by atoms with van der Waals surface area (Å²) in [5, 5.41) is 15.6. The molecule has 1 atom stereocenters. The Labute approximate surface area is 117 Å². The Bertz CT molecular complexity index is 485. The lowest BCUT2D eigenvalue weighted by Crippen LogP contribution is -2.33. The Morgan fingerprint density at radius 1 is 1.32 bits per heavy atom. The van der Waals surface area contributed by atoms with E-state index in [1.54, 1.807) is 7.05 Å². The molecule has 1 N–H and O–H groups in total. The highest BCUT2D eigenvalue weighted by Crippen LogP contribution is 2.18. The third-order valence-electron chi connectivity index (χ3n) is 2.67. The van der Waals surface area contributed by atoms with Crippen molar-refractivity contribution in [3.05, 3.63) is 36.2 Å². The highest BCUT2D eigenvalue weighted by Gasteiger charge is 2.12. The molecule has 1 aromatic heterocycles. The molecular formula is C13H19N5S. The van der Waals surface area contributed by atoms with E-state index < -0.39 is 0 Å². The molecule has 0 fully saturated rings. The number of hydrogen-bond acceptors (Lipinski definition) is 5. The predicted octanol–water partition coefficient (Wildman–Crippen LogP) is 1.52. The fourth-order valence-corrected chi connectivity index (χ4v) is 2.80. The van der Waals surface area contributed by atoms with Crippen LogP contribution in [0.25, 0.3) is 0 Å². The quantitative estimate of drug-likeness (QED) is 0.778. The number of tetrazole rings is 1. The van der Waals surface area contributed by atoms with Crippen molar-refractivity contribution in [1.82, 2.24) is 25.5 Å². The first-order valence-corrected chi connectivity index (χ1v) is 7.40.